The molecule has 2 aromatic carbocycles. The van der Waals surface area contributed by atoms with Crippen LogP contribution in [0.5, 0.6) is 5.75 Å². The van der Waals surface area contributed by atoms with Gasteiger partial charge in [-0.15, -0.1) is 0 Å². The molecule has 0 atom stereocenters. The van der Waals surface area contributed by atoms with Gasteiger partial charge < -0.3 is 19.2 Å². The van der Waals surface area contributed by atoms with Crippen molar-refractivity contribution < 1.29 is 23.4 Å². The Hall–Kier alpha value is -4.24. The molecule has 38 heavy (non-hydrogen) atoms. The normalized spacial score (nSPS) is 13.6. The maximum Gasteiger partial charge on any atom is 0.258 e. The molecule has 0 saturated heterocycles. The number of methoxy groups -OCH3 is 1. The highest BCUT2D eigenvalue weighted by atomic mass is 19.1. The molecule has 1 aliphatic heterocycles. The minimum atomic E-state index is -0.909. The van der Waals surface area contributed by atoms with E-state index in [1.807, 2.05) is 37.4 Å². The Labute approximate surface area is 220 Å². The summed E-state index contributed by atoms with van der Waals surface area (Å²) in [6.07, 6.45) is 7.73. The second kappa shape index (κ2) is 9.90. The van der Waals surface area contributed by atoms with Gasteiger partial charge in [0.05, 0.1) is 37.3 Å². The van der Waals surface area contributed by atoms with Crippen LogP contribution in [0.4, 0.5) is 10.1 Å². The summed E-state index contributed by atoms with van der Waals surface area (Å²) in [7, 11) is 1.38. The Morgan fingerprint density at radius 3 is 2.68 bits per heavy atom. The maximum atomic E-state index is 14.5. The van der Waals surface area contributed by atoms with Crippen molar-refractivity contribution >= 4 is 23.2 Å². The zero-order chi connectivity index (χ0) is 27.0. The van der Waals surface area contributed by atoms with Gasteiger partial charge in [0.15, 0.2) is 11.6 Å². The third-order valence-electron chi connectivity index (χ3n) is 6.31. The molecule has 196 valence electrons. The van der Waals surface area contributed by atoms with Gasteiger partial charge >= 0.3 is 0 Å². The highest BCUT2D eigenvalue weighted by Crippen LogP contribution is 2.36. The highest BCUT2D eigenvalue weighted by molar-refractivity contribution is 6.08. The van der Waals surface area contributed by atoms with Crippen LogP contribution >= 0.6 is 0 Å². The van der Waals surface area contributed by atoms with E-state index in [9.17, 15) is 14.3 Å². The summed E-state index contributed by atoms with van der Waals surface area (Å²) in [6.45, 7) is 5.96. The summed E-state index contributed by atoms with van der Waals surface area (Å²) in [5.74, 6) is 0.350. The number of oxazole rings is 1. The SMILES string of the molecule is COc1ccc(C(=O)N2CCC(c3ncc(C)o3)=Cc3ccc(-c4cnn(CC(C)(C)O)c4)cc32)cc1F. The van der Waals surface area contributed by atoms with E-state index in [2.05, 4.69) is 10.1 Å². The van der Waals surface area contributed by atoms with E-state index in [0.717, 1.165) is 22.3 Å². The lowest BCUT2D eigenvalue weighted by atomic mass is 10.0. The first kappa shape index (κ1) is 25.4. The number of hydrogen-bond acceptors (Lipinski definition) is 6. The highest BCUT2D eigenvalue weighted by Gasteiger charge is 2.26. The Kier molecular flexibility index (Phi) is 6.62. The van der Waals surface area contributed by atoms with Crippen LogP contribution in [-0.2, 0) is 6.54 Å². The van der Waals surface area contributed by atoms with Gasteiger partial charge in [-0.25, -0.2) is 9.37 Å². The lowest BCUT2D eigenvalue weighted by molar-refractivity contribution is 0.0577. The number of aryl methyl sites for hydroxylation is 1. The number of aromatic nitrogens is 3. The smallest absolute Gasteiger partial charge is 0.258 e. The van der Waals surface area contributed by atoms with Crippen LogP contribution in [0.2, 0.25) is 0 Å². The monoisotopic (exact) mass is 516 g/mol. The fraction of sp³-hybridized carbons (Fsp3) is 0.276. The predicted molar refractivity (Wildman–Crippen MR) is 142 cm³/mol. The standard InChI is InChI=1S/C29H29FN4O4/c1-18-14-31-27(38-18)21-9-10-34(28(35)22-7-8-26(37-4)24(30)12-22)25-13-19(5-6-20(25)11-21)23-15-32-33(16-23)17-29(2,3)36/h5-8,11-16,36H,9-10,17H2,1-4H3. The summed E-state index contributed by atoms with van der Waals surface area (Å²) in [5, 5.41) is 14.5. The largest absolute Gasteiger partial charge is 0.494 e. The molecule has 1 aliphatic rings. The van der Waals surface area contributed by atoms with E-state index < -0.39 is 11.4 Å². The molecule has 3 heterocycles. The number of aliphatic hydroxyl groups is 1. The van der Waals surface area contributed by atoms with Gasteiger partial charge in [0.2, 0.25) is 5.89 Å². The molecule has 0 aliphatic carbocycles. The van der Waals surface area contributed by atoms with Gasteiger partial charge in [-0.2, -0.15) is 5.10 Å². The molecule has 0 saturated carbocycles. The molecule has 5 rings (SSSR count). The Balaban J connectivity index is 1.57. The van der Waals surface area contributed by atoms with Gasteiger partial charge in [-0.05, 0) is 68.7 Å². The molecule has 0 radical (unpaired) electrons. The Morgan fingerprint density at radius 2 is 2.00 bits per heavy atom. The topological polar surface area (TPSA) is 93.6 Å². The molecule has 0 bridgehead atoms. The molecule has 0 fully saturated rings. The lowest BCUT2D eigenvalue weighted by Crippen LogP contribution is -2.32. The Morgan fingerprint density at radius 1 is 1.18 bits per heavy atom. The number of carbonyl (C=O) groups is 1. The van der Waals surface area contributed by atoms with Crippen LogP contribution in [0.3, 0.4) is 0 Å². The third-order valence-corrected chi connectivity index (χ3v) is 6.31. The molecular formula is C29H29FN4O4. The summed E-state index contributed by atoms with van der Waals surface area (Å²) >= 11 is 0. The number of ether oxygens (including phenoxy) is 1. The second-order valence-corrected chi connectivity index (χ2v) is 10.0. The van der Waals surface area contributed by atoms with E-state index in [1.54, 1.807) is 41.9 Å². The van der Waals surface area contributed by atoms with Gasteiger partial charge in [0.25, 0.3) is 5.91 Å². The fourth-order valence-electron chi connectivity index (χ4n) is 4.53. The summed E-state index contributed by atoms with van der Waals surface area (Å²) in [6, 6.07) is 10.0. The fourth-order valence-corrected chi connectivity index (χ4v) is 4.53. The predicted octanol–water partition coefficient (Wildman–Crippen LogP) is 5.36. The van der Waals surface area contributed by atoms with Crippen LogP contribution in [0.15, 0.2) is 59.4 Å². The number of halogens is 1. The molecular weight excluding hydrogens is 487 g/mol. The van der Waals surface area contributed by atoms with Crippen molar-refractivity contribution in [1.29, 1.82) is 0 Å². The minimum absolute atomic E-state index is 0.0754. The van der Waals surface area contributed by atoms with E-state index >= 15 is 0 Å². The third kappa shape index (κ3) is 5.24. The van der Waals surface area contributed by atoms with Crippen LogP contribution in [0.25, 0.3) is 22.8 Å². The molecule has 8 nitrogen and oxygen atoms in total. The van der Waals surface area contributed by atoms with Crippen molar-refractivity contribution in [3.05, 3.63) is 83.6 Å². The van der Waals surface area contributed by atoms with Crippen LogP contribution in [0, 0.1) is 12.7 Å². The summed E-state index contributed by atoms with van der Waals surface area (Å²) in [4.78, 5) is 19.8. The van der Waals surface area contributed by atoms with E-state index in [1.165, 1.54) is 19.2 Å². The molecule has 1 N–H and O–H groups in total. The van der Waals surface area contributed by atoms with Crippen molar-refractivity contribution in [2.75, 3.05) is 18.6 Å². The molecule has 9 heteroatoms. The van der Waals surface area contributed by atoms with Crippen molar-refractivity contribution in [3.63, 3.8) is 0 Å². The number of anilines is 1. The van der Waals surface area contributed by atoms with Crippen molar-refractivity contribution in [2.24, 2.45) is 0 Å². The second-order valence-electron chi connectivity index (χ2n) is 10.0. The van der Waals surface area contributed by atoms with Gasteiger partial charge in [0, 0.05) is 29.4 Å². The minimum Gasteiger partial charge on any atom is -0.494 e. The number of fused-ring (bicyclic) bond motifs is 1. The van der Waals surface area contributed by atoms with Gasteiger partial charge in [-0.3, -0.25) is 9.48 Å². The van der Waals surface area contributed by atoms with Crippen LogP contribution < -0.4 is 9.64 Å². The van der Waals surface area contributed by atoms with E-state index in [0.29, 0.717) is 36.8 Å². The molecule has 4 aromatic rings. The zero-order valence-electron chi connectivity index (χ0n) is 21.7. The maximum absolute atomic E-state index is 14.5. The number of amides is 1. The zero-order valence-corrected chi connectivity index (χ0v) is 21.7. The first-order valence-electron chi connectivity index (χ1n) is 12.3. The average Bonchev–Trinajstić information content (AvgIpc) is 3.46. The number of carbonyl (C=O) groups excluding carboxylic acids is 1. The Bertz CT molecular complexity index is 1530. The van der Waals surface area contributed by atoms with Crippen LogP contribution in [-0.4, -0.2) is 45.0 Å². The number of benzene rings is 2. The first-order chi connectivity index (χ1) is 18.1. The number of rotatable bonds is 6. The van der Waals surface area contributed by atoms with E-state index in [-0.39, 0.29) is 17.2 Å². The number of nitrogens with zero attached hydrogens (tertiary/aromatic N) is 4. The van der Waals surface area contributed by atoms with Crippen molar-refractivity contribution in [1.82, 2.24) is 14.8 Å². The first-order valence-corrected chi connectivity index (χ1v) is 12.3. The van der Waals surface area contributed by atoms with Crippen molar-refractivity contribution in [2.45, 2.75) is 39.3 Å². The van der Waals surface area contributed by atoms with E-state index in [4.69, 9.17) is 9.15 Å². The van der Waals surface area contributed by atoms with Crippen LogP contribution in [0.1, 0.15) is 47.8 Å². The number of hydrogen-bond donors (Lipinski definition) is 1. The van der Waals surface area contributed by atoms with Gasteiger partial charge in [-0.1, -0.05) is 12.1 Å². The molecule has 0 spiro atoms. The average molecular weight is 517 g/mol. The molecule has 0 unspecified atom stereocenters. The van der Waals surface area contributed by atoms with Gasteiger partial charge in [0.1, 0.15) is 5.76 Å². The molecule has 2 aromatic heterocycles. The summed E-state index contributed by atoms with van der Waals surface area (Å²) in [5.41, 5.74) is 3.35. The quantitative estimate of drug-likeness (QED) is 0.371. The lowest BCUT2D eigenvalue weighted by Gasteiger charge is -2.24. The summed E-state index contributed by atoms with van der Waals surface area (Å²) < 4.78 is 27.0. The van der Waals surface area contributed by atoms with Crippen molar-refractivity contribution in [3.8, 4) is 16.9 Å². The molecule has 1 amide bonds.